The monoisotopic (exact) mass is 139 g/mol. The lowest BCUT2D eigenvalue weighted by molar-refractivity contribution is 1.04. The van der Waals surface area contributed by atoms with Gasteiger partial charge in [0, 0.05) is 24.1 Å². The minimum atomic E-state index is 0.101. The third kappa shape index (κ3) is 3.12. The first-order valence-corrected chi connectivity index (χ1v) is 3.25. The highest BCUT2D eigenvalue weighted by atomic mass is 15.2. The molecule has 0 aliphatic carbocycles. The SMILES string of the molecule is C/C=N/N=C(/C)C(C)C=N. The van der Waals surface area contributed by atoms with E-state index in [1.165, 1.54) is 6.21 Å². The molecule has 0 aromatic rings. The Morgan fingerprint density at radius 3 is 2.60 bits per heavy atom. The molecule has 3 heteroatoms. The molecule has 0 aliphatic rings. The molecule has 0 heterocycles. The summed E-state index contributed by atoms with van der Waals surface area (Å²) in [6, 6.07) is 0. The van der Waals surface area contributed by atoms with Crippen LogP contribution >= 0.6 is 0 Å². The van der Waals surface area contributed by atoms with Gasteiger partial charge in [-0.15, -0.1) is 0 Å². The van der Waals surface area contributed by atoms with Crippen molar-refractivity contribution in [1.29, 1.82) is 5.41 Å². The zero-order valence-corrected chi connectivity index (χ0v) is 6.63. The van der Waals surface area contributed by atoms with Crippen LogP contribution in [0, 0.1) is 11.3 Å². The van der Waals surface area contributed by atoms with Gasteiger partial charge in [0.1, 0.15) is 0 Å². The first kappa shape index (κ1) is 9.01. The fourth-order valence-corrected chi connectivity index (χ4v) is 0.360. The molecule has 0 spiro atoms. The lowest BCUT2D eigenvalue weighted by atomic mass is 10.1. The van der Waals surface area contributed by atoms with Crippen molar-refractivity contribution in [3.8, 4) is 0 Å². The molecule has 0 amide bonds. The van der Waals surface area contributed by atoms with Crippen molar-refractivity contribution >= 4 is 18.1 Å². The van der Waals surface area contributed by atoms with Gasteiger partial charge in [0.05, 0.1) is 0 Å². The summed E-state index contributed by atoms with van der Waals surface area (Å²) >= 11 is 0. The lowest BCUT2D eigenvalue weighted by Gasteiger charge is -1.99. The van der Waals surface area contributed by atoms with Crippen LogP contribution in [0.3, 0.4) is 0 Å². The Kier molecular flexibility index (Phi) is 4.37. The molecule has 0 saturated heterocycles. The molecule has 0 rings (SSSR count). The maximum atomic E-state index is 6.92. The van der Waals surface area contributed by atoms with Crippen molar-refractivity contribution in [2.75, 3.05) is 0 Å². The predicted octanol–water partition coefficient (Wildman–Crippen LogP) is 1.74. The Bertz CT molecular complexity index is 158. The summed E-state index contributed by atoms with van der Waals surface area (Å²) < 4.78 is 0. The van der Waals surface area contributed by atoms with Crippen molar-refractivity contribution in [3.63, 3.8) is 0 Å². The summed E-state index contributed by atoms with van der Waals surface area (Å²) in [5.41, 5.74) is 0.869. The summed E-state index contributed by atoms with van der Waals surface area (Å²) in [6.45, 7) is 5.59. The third-order valence-electron chi connectivity index (χ3n) is 1.24. The maximum Gasteiger partial charge on any atom is 0.0455 e. The van der Waals surface area contributed by atoms with Gasteiger partial charge in [0.2, 0.25) is 0 Å². The summed E-state index contributed by atoms with van der Waals surface area (Å²) in [7, 11) is 0. The Morgan fingerprint density at radius 1 is 1.60 bits per heavy atom. The van der Waals surface area contributed by atoms with Crippen LogP contribution in [0.25, 0.3) is 0 Å². The van der Waals surface area contributed by atoms with Gasteiger partial charge in [-0.2, -0.15) is 10.2 Å². The fourth-order valence-electron chi connectivity index (χ4n) is 0.360. The summed E-state index contributed by atoms with van der Waals surface area (Å²) in [4.78, 5) is 0. The van der Waals surface area contributed by atoms with Gasteiger partial charge < -0.3 is 5.41 Å². The number of rotatable bonds is 3. The van der Waals surface area contributed by atoms with Crippen molar-refractivity contribution < 1.29 is 0 Å². The zero-order chi connectivity index (χ0) is 7.98. The summed E-state index contributed by atoms with van der Waals surface area (Å²) in [5.74, 6) is 0.101. The van der Waals surface area contributed by atoms with E-state index in [1.807, 2.05) is 20.8 Å². The molecule has 0 fully saturated rings. The number of hydrogen-bond donors (Lipinski definition) is 1. The molecule has 3 nitrogen and oxygen atoms in total. The Morgan fingerprint density at radius 2 is 2.20 bits per heavy atom. The van der Waals surface area contributed by atoms with Gasteiger partial charge in [-0.05, 0) is 13.8 Å². The highest BCUT2D eigenvalue weighted by Gasteiger charge is 1.99. The van der Waals surface area contributed by atoms with Crippen molar-refractivity contribution in [2.24, 2.45) is 16.1 Å². The van der Waals surface area contributed by atoms with Crippen molar-refractivity contribution in [1.82, 2.24) is 0 Å². The molecular formula is C7H13N3. The molecule has 1 atom stereocenters. The van der Waals surface area contributed by atoms with Gasteiger partial charge in [-0.1, -0.05) is 6.92 Å². The molecular weight excluding hydrogens is 126 g/mol. The summed E-state index contributed by atoms with van der Waals surface area (Å²) in [6.07, 6.45) is 2.98. The molecule has 1 N–H and O–H groups in total. The molecule has 56 valence electrons. The van der Waals surface area contributed by atoms with E-state index >= 15 is 0 Å². The average molecular weight is 139 g/mol. The number of nitrogens with one attached hydrogen (secondary N) is 1. The molecule has 0 aliphatic heterocycles. The Labute approximate surface area is 61.4 Å². The van der Waals surface area contributed by atoms with E-state index in [0.29, 0.717) is 0 Å². The minimum Gasteiger partial charge on any atom is -0.312 e. The minimum absolute atomic E-state index is 0.101. The number of nitrogens with zero attached hydrogens (tertiary/aromatic N) is 2. The predicted molar refractivity (Wildman–Crippen MR) is 45.2 cm³/mol. The zero-order valence-electron chi connectivity index (χ0n) is 6.63. The third-order valence-corrected chi connectivity index (χ3v) is 1.24. The molecule has 0 saturated carbocycles. The maximum absolute atomic E-state index is 6.92. The lowest BCUT2D eigenvalue weighted by Crippen LogP contribution is -2.06. The van der Waals surface area contributed by atoms with E-state index in [2.05, 4.69) is 10.2 Å². The molecule has 1 unspecified atom stereocenters. The highest BCUT2D eigenvalue weighted by molar-refractivity contribution is 5.95. The topological polar surface area (TPSA) is 48.6 Å². The molecule has 0 radical (unpaired) electrons. The fraction of sp³-hybridized carbons (Fsp3) is 0.571. The van der Waals surface area contributed by atoms with Crippen LogP contribution in [-0.4, -0.2) is 18.1 Å². The van der Waals surface area contributed by atoms with E-state index in [1.54, 1.807) is 6.21 Å². The van der Waals surface area contributed by atoms with Crippen LogP contribution in [0.15, 0.2) is 10.2 Å². The first-order valence-electron chi connectivity index (χ1n) is 3.25. The van der Waals surface area contributed by atoms with Gasteiger partial charge in [-0.3, -0.25) is 0 Å². The van der Waals surface area contributed by atoms with Crippen LogP contribution < -0.4 is 0 Å². The van der Waals surface area contributed by atoms with Crippen LogP contribution in [0.1, 0.15) is 20.8 Å². The van der Waals surface area contributed by atoms with E-state index < -0.39 is 0 Å². The summed E-state index contributed by atoms with van der Waals surface area (Å²) in [5, 5.41) is 14.5. The second kappa shape index (κ2) is 4.85. The van der Waals surface area contributed by atoms with E-state index in [-0.39, 0.29) is 5.92 Å². The van der Waals surface area contributed by atoms with Gasteiger partial charge in [0.25, 0.3) is 0 Å². The highest BCUT2D eigenvalue weighted by Crippen LogP contribution is 1.93. The second-order valence-electron chi connectivity index (χ2n) is 2.07. The standard InChI is InChI=1S/C7H13N3/c1-4-9-10-7(3)6(2)5-8/h4-6,8H,1-3H3/b8-5?,9-4+,10-7-. The normalized spacial score (nSPS) is 15.7. The molecule has 0 aromatic carbocycles. The first-order chi connectivity index (χ1) is 4.72. The van der Waals surface area contributed by atoms with Crippen LogP contribution in [-0.2, 0) is 0 Å². The van der Waals surface area contributed by atoms with E-state index in [0.717, 1.165) is 5.71 Å². The van der Waals surface area contributed by atoms with E-state index in [4.69, 9.17) is 5.41 Å². The van der Waals surface area contributed by atoms with Gasteiger partial charge in [-0.25, -0.2) is 0 Å². The Balaban J connectivity index is 4.03. The molecule has 10 heavy (non-hydrogen) atoms. The molecule has 0 bridgehead atoms. The molecule has 0 aromatic heterocycles. The van der Waals surface area contributed by atoms with Crippen LogP contribution in [0.2, 0.25) is 0 Å². The van der Waals surface area contributed by atoms with Gasteiger partial charge >= 0.3 is 0 Å². The smallest absolute Gasteiger partial charge is 0.0455 e. The van der Waals surface area contributed by atoms with Gasteiger partial charge in [0.15, 0.2) is 0 Å². The number of hydrogen-bond acceptors (Lipinski definition) is 3. The van der Waals surface area contributed by atoms with Crippen LogP contribution in [0.4, 0.5) is 0 Å². The average Bonchev–Trinajstić information content (AvgIpc) is 1.98. The van der Waals surface area contributed by atoms with Crippen LogP contribution in [0.5, 0.6) is 0 Å². The Hall–Kier alpha value is -0.990. The second-order valence-corrected chi connectivity index (χ2v) is 2.07. The van der Waals surface area contributed by atoms with E-state index in [9.17, 15) is 0 Å². The van der Waals surface area contributed by atoms with Crippen molar-refractivity contribution in [2.45, 2.75) is 20.8 Å². The largest absolute Gasteiger partial charge is 0.312 e. The van der Waals surface area contributed by atoms with Crippen molar-refractivity contribution in [3.05, 3.63) is 0 Å². The quantitative estimate of drug-likeness (QED) is 0.457.